The highest BCUT2D eigenvalue weighted by Gasteiger charge is 2.22. The molecule has 0 spiro atoms. The number of carbonyl (C=O) groups is 1. The van der Waals surface area contributed by atoms with Crippen LogP contribution in [0.4, 0.5) is 0 Å². The first-order valence-corrected chi connectivity index (χ1v) is 6.91. The van der Waals surface area contributed by atoms with Gasteiger partial charge in [0.2, 0.25) is 0 Å². The van der Waals surface area contributed by atoms with E-state index in [1.807, 2.05) is 0 Å². The molecule has 0 saturated carbocycles. The summed E-state index contributed by atoms with van der Waals surface area (Å²) in [7, 11) is 4.18. The lowest BCUT2D eigenvalue weighted by atomic mass is 10.0. The van der Waals surface area contributed by atoms with Gasteiger partial charge in [0.25, 0.3) is 0 Å². The molecule has 1 aromatic carbocycles. The van der Waals surface area contributed by atoms with E-state index in [1.165, 1.54) is 12.1 Å². The minimum atomic E-state index is -0.248. The molecule has 110 valence electrons. The third-order valence-electron chi connectivity index (χ3n) is 3.95. The third-order valence-corrected chi connectivity index (χ3v) is 3.95. The average molecular weight is 278 g/mol. The second kappa shape index (κ2) is 6.24. The van der Waals surface area contributed by atoms with Crippen LogP contribution in [0, 0.1) is 0 Å². The van der Waals surface area contributed by atoms with Crippen LogP contribution < -0.4 is 0 Å². The molecule has 5 nitrogen and oxygen atoms in total. The summed E-state index contributed by atoms with van der Waals surface area (Å²) >= 11 is 0. The van der Waals surface area contributed by atoms with Crippen molar-refractivity contribution >= 4 is 5.78 Å². The number of nitrogens with zero attached hydrogens (tertiary/aromatic N) is 2. The van der Waals surface area contributed by atoms with E-state index >= 15 is 0 Å². The van der Waals surface area contributed by atoms with Crippen molar-refractivity contribution in [3.05, 3.63) is 23.8 Å². The van der Waals surface area contributed by atoms with Crippen LogP contribution in [0.3, 0.4) is 0 Å². The number of carbonyl (C=O) groups excluding carboxylic acids is 1. The van der Waals surface area contributed by atoms with Gasteiger partial charge in [-0.05, 0) is 45.1 Å². The summed E-state index contributed by atoms with van der Waals surface area (Å²) in [6, 6.07) is 4.81. The van der Waals surface area contributed by atoms with Crippen LogP contribution in [0.5, 0.6) is 11.5 Å². The summed E-state index contributed by atoms with van der Waals surface area (Å²) in [6.07, 6.45) is 2.14. The maximum Gasteiger partial charge on any atom is 0.176 e. The lowest BCUT2D eigenvalue weighted by Gasteiger charge is -2.34. The van der Waals surface area contributed by atoms with E-state index in [0.717, 1.165) is 25.9 Å². The third kappa shape index (κ3) is 3.49. The highest BCUT2D eigenvalue weighted by atomic mass is 16.3. The monoisotopic (exact) mass is 278 g/mol. The van der Waals surface area contributed by atoms with Gasteiger partial charge in [-0.3, -0.25) is 9.69 Å². The lowest BCUT2D eigenvalue weighted by molar-refractivity contribution is 0.0873. The predicted molar refractivity (Wildman–Crippen MR) is 77.3 cm³/mol. The molecule has 2 N–H and O–H groups in total. The van der Waals surface area contributed by atoms with Crippen molar-refractivity contribution in [3.63, 3.8) is 0 Å². The molecule has 0 aromatic heterocycles. The second-order valence-electron chi connectivity index (χ2n) is 5.60. The van der Waals surface area contributed by atoms with Crippen LogP contribution in [-0.4, -0.2) is 65.6 Å². The molecule has 0 atom stereocenters. The van der Waals surface area contributed by atoms with E-state index in [2.05, 4.69) is 23.9 Å². The molecule has 1 saturated heterocycles. The average Bonchev–Trinajstić information content (AvgIpc) is 2.42. The Balaban J connectivity index is 1.91. The zero-order valence-electron chi connectivity index (χ0n) is 12.0. The first-order chi connectivity index (χ1) is 9.47. The predicted octanol–water partition coefficient (Wildman–Crippen LogP) is 1.31. The fourth-order valence-corrected chi connectivity index (χ4v) is 2.59. The number of phenolic OH excluding ortho intramolecular Hbond substituents is 2. The van der Waals surface area contributed by atoms with Crippen molar-refractivity contribution < 1.29 is 15.0 Å². The van der Waals surface area contributed by atoms with Crippen LogP contribution in [0.25, 0.3) is 0 Å². The summed E-state index contributed by atoms with van der Waals surface area (Å²) in [5.74, 6) is -0.473. The molecule has 5 heteroatoms. The van der Waals surface area contributed by atoms with Crippen molar-refractivity contribution in [3.8, 4) is 11.5 Å². The number of hydrogen-bond donors (Lipinski definition) is 2. The Morgan fingerprint density at radius 2 is 1.90 bits per heavy atom. The molecule has 20 heavy (non-hydrogen) atoms. The summed E-state index contributed by atoms with van der Waals surface area (Å²) in [6.45, 7) is 2.20. The summed E-state index contributed by atoms with van der Waals surface area (Å²) in [4.78, 5) is 16.5. The number of likely N-dealkylation sites (tertiary alicyclic amines) is 1. The Bertz CT molecular complexity index is 480. The molecule has 1 aromatic rings. The maximum absolute atomic E-state index is 12.1. The number of aromatic hydroxyl groups is 2. The van der Waals surface area contributed by atoms with E-state index in [1.54, 1.807) is 6.07 Å². The number of piperidine rings is 1. The number of rotatable bonds is 4. The molecular weight excluding hydrogens is 256 g/mol. The number of ketones is 1. The maximum atomic E-state index is 12.1. The fourth-order valence-electron chi connectivity index (χ4n) is 2.59. The molecule has 0 radical (unpaired) electrons. The van der Waals surface area contributed by atoms with Crippen molar-refractivity contribution in [2.75, 3.05) is 33.7 Å². The number of hydrogen-bond acceptors (Lipinski definition) is 5. The van der Waals surface area contributed by atoms with Crippen molar-refractivity contribution in [2.24, 2.45) is 0 Å². The second-order valence-corrected chi connectivity index (χ2v) is 5.60. The van der Waals surface area contributed by atoms with E-state index in [9.17, 15) is 15.0 Å². The fraction of sp³-hybridized carbons (Fsp3) is 0.533. The van der Waals surface area contributed by atoms with Gasteiger partial charge < -0.3 is 15.1 Å². The quantitative estimate of drug-likeness (QED) is 0.642. The van der Waals surface area contributed by atoms with E-state index < -0.39 is 0 Å². The lowest BCUT2D eigenvalue weighted by Crippen LogP contribution is -2.43. The van der Waals surface area contributed by atoms with E-state index in [4.69, 9.17) is 0 Å². The molecule has 2 rings (SSSR count). The molecule has 1 heterocycles. The number of Topliss-reactive ketones (excluding diaryl/α,β-unsaturated/α-hetero) is 1. The molecule has 0 aliphatic carbocycles. The van der Waals surface area contributed by atoms with Crippen LogP contribution in [-0.2, 0) is 0 Å². The standard InChI is InChI=1S/C15H22N2O3/c1-16(2)12-5-7-17(8-6-12)10-15(20)11-3-4-13(18)14(19)9-11/h3-4,9,12,18-19H,5-8,10H2,1-2H3. The van der Waals surface area contributed by atoms with Crippen LogP contribution in [0.2, 0.25) is 0 Å². The topological polar surface area (TPSA) is 64.0 Å². The Labute approximate surface area is 119 Å². The van der Waals surface area contributed by atoms with Gasteiger partial charge in [-0.25, -0.2) is 0 Å². The summed E-state index contributed by atoms with van der Waals surface area (Å²) < 4.78 is 0. The minimum Gasteiger partial charge on any atom is -0.504 e. The highest BCUT2D eigenvalue weighted by molar-refractivity contribution is 5.98. The molecule has 1 fully saturated rings. The normalized spacial score (nSPS) is 17.6. The van der Waals surface area contributed by atoms with Crippen LogP contribution in [0.15, 0.2) is 18.2 Å². The molecule has 0 bridgehead atoms. The van der Waals surface area contributed by atoms with Gasteiger partial charge in [-0.15, -0.1) is 0 Å². The zero-order valence-corrected chi connectivity index (χ0v) is 12.0. The molecule has 1 aliphatic heterocycles. The van der Waals surface area contributed by atoms with Crippen LogP contribution in [0.1, 0.15) is 23.2 Å². The Morgan fingerprint density at radius 1 is 1.25 bits per heavy atom. The van der Waals surface area contributed by atoms with E-state index in [-0.39, 0.29) is 17.3 Å². The Morgan fingerprint density at radius 3 is 2.45 bits per heavy atom. The van der Waals surface area contributed by atoms with Crippen molar-refractivity contribution in [1.29, 1.82) is 0 Å². The summed E-state index contributed by atoms with van der Waals surface area (Å²) in [5, 5.41) is 18.7. The van der Waals surface area contributed by atoms with Gasteiger partial charge in [-0.1, -0.05) is 0 Å². The van der Waals surface area contributed by atoms with Gasteiger partial charge in [-0.2, -0.15) is 0 Å². The van der Waals surface area contributed by atoms with Gasteiger partial charge in [0.05, 0.1) is 6.54 Å². The number of phenols is 2. The van der Waals surface area contributed by atoms with Gasteiger partial charge in [0.15, 0.2) is 17.3 Å². The molecule has 0 unspecified atom stereocenters. The SMILES string of the molecule is CN(C)C1CCN(CC(=O)c2ccc(O)c(O)c2)CC1. The van der Waals surface area contributed by atoms with Gasteiger partial charge in [0.1, 0.15) is 0 Å². The number of benzene rings is 1. The highest BCUT2D eigenvalue weighted by Crippen LogP contribution is 2.25. The van der Waals surface area contributed by atoms with Gasteiger partial charge in [0, 0.05) is 24.7 Å². The smallest absolute Gasteiger partial charge is 0.176 e. The molecule has 1 aliphatic rings. The van der Waals surface area contributed by atoms with Gasteiger partial charge >= 0.3 is 0 Å². The van der Waals surface area contributed by atoms with E-state index in [0.29, 0.717) is 18.2 Å². The first kappa shape index (κ1) is 14.8. The molecular formula is C15H22N2O3. The Kier molecular flexibility index (Phi) is 4.62. The van der Waals surface area contributed by atoms with Crippen molar-refractivity contribution in [1.82, 2.24) is 9.80 Å². The van der Waals surface area contributed by atoms with Crippen LogP contribution >= 0.6 is 0 Å². The zero-order chi connectivity index (χ0) is 14.7. The first-order valence-electron chi connectivity index (χ1n) is 6.91. The molecule has 0 amide bonds. The van der Waals surface area contributed by atoms with Crippen molar-refractivity contribution in [2.45, 2.75) is 18.9 Å². The minimum absolute atomic E-state index is 0.0244. The summed E-state index contributed by atoms with van der Waals surface area (Å²) in [5.41, 5.74) is 0.440. The largest absolute Gasteiger partial charge is 0.504 e. The Hall–Kier alpha value is -1.59.